The molecule has 0 N–H and O–H groups in total. The molecule has 4 rings (SSSR count). The molecule has 2 heterocycles. The summed E-state index contributed by atoms with van der Waals surface area (Å²) in [6.07, 6.45) is 0. The number of rotatable bonds is 4. The smallest absolute Gasteiger partial charge is 0.268 e. The van der Waals surface area contributed by atoms with E-state index in [-0.39, 0.29) is 11.8 Å². The molecule has 1 aliphatic heterocycles. The largest absolute Gasteiger partial charge is 0.272 e. The van der Waals surface area contributed by atoms with E-state index in [4.69, 9.17) is 11.6 Å². The minimum absolute atomic E-state index is 0.292. The van der Waals surface area contributed by atoms with E-state index in [1.165, 1.54) is 28.0 Å². The first-order chi connectivity index (χ1) is 12.6. The number of benzene rings is 2. The van der Waals surface area contributed by atoms with Crippen LogP contribution in [0.2, 0.25) is 5.02 Å². The molecule has 0 atom stereocenters. The van der Waals surface area contributed by atoms with Crippen molar-refractivity contribution in [3.05, 3.63) is 86.9 Å². The Morgan fingerprint density at radius 3 is 2.23 bits per heavy atom. The van der Waals surface area contributed by atoms with E-state index in [0.29, 0.717) is 21.2 Å². The molecule has 0 saturated heterocycles. The fourth-order valence-electron chi connectivity index (χ4n) is 2.67. The zero-order valence-electron chi connectivity index (χ0n) is 13.4. The number of hydrogen-bond donors (Lipinski definition) is 0. The molecule has 0 aliphatic carbocycles. The summed E-state index contributed by atoms with van der Waals surface area (Å²) < 4.78 is 0. The van der Waals surface area contributed by atoms with Gasteiger partial charge in [-0.25, -0.2) is 4.90 Å². The SMILES string of the molecule is O=C1C(Sc2ccc(Cl)cc2)=C(c2cccs2)C(=O)N1c1ccccc1. The van der Waals surface area contributed by atoms with Crippen molar-refractivity contribution in [1.82, 2.24) is 0 Å². The highest BCUT2D eigenvalue weighted by atomic mass is 35.5. The third-order valence-corrected chi connectivity index (χ3v) is 6.09. The lowest BCUT2D eigenvalue weighted by atomic mass is 10.2. The summed E-state index contributed by atoms with van der Waals surface area (Å²) >= 11 is 8.68. The summed E-state index contributed by atoms with van der Waals surface area (Å²) in [5.74, 6) is -0.593. The Hall–Kier alpha value is -2.34. The van der Waals surface area contributed by atoms with Crippen LogP contribution in [0.5, 0.6) is 0 Å². The molecule has 0 spiro atoms. The summed E-state index contributed by atoms with van der Waals surface area (Å²) in [7, 11) is 0. The van der Waals surface area contributed by atoms with Crippen molar-refractivity contribution in [3.63, 3.8) is 0 Å². The Balaban J connectivity index is 1.79. The molecule has 0 fully saturated rings. The van der Waals surface area contributed by atoms with Gasteiger partial charge in [0.2, 0.25) is 0 Å². The van der Waals surface area contributed by atoms with Crippen LogP contribution < -0.4 is 4.90 Å². The Bertz CT molecular complexity index is 996. The Morgan fingerprint density at radius 1 is 0.846 bits per heavy atom. The van der Waals surface area contributed by atoms with E-state index in [1.807, 2.05) is 47.8 Å². The first-order valence-electron chi connectivity index (χ1n) is 7.80. The lowest BCUT2D eigenvalue weighted by Gasteiger charge is -2.14. The fraction of sp³-hybridized carbons (Fsp3) is 0. The average Bonchev–Trinajstić information content (AvgIpc) is 3.25. The molecule has 1 aliphatic rings. The molecule has 0 unspecified atom stereocenters. The number of anilines is 1. The summed E-state index contributed by atoms with van der Waals surface area (Å²) in [5.41, 5.74) is 1.03. The monoisotopic (exact) mass is 397 g/mol. The molecular formula is C20H12ClNO2S2. The number of hydrogen-bond acceptors (Lipinski definition) is 4. The number of carbonyl (C=O) groups is 2. The molecule has 3 aromatic rings. The van der Waals surface area contributed by atoms with Gasteiger partial charge in [-0.1, -0.05) is 47.6 Å². The van der Waals surface area contributed by atoms with E-state index < -0.39 is 0 Å². The maximum absolute atomic E-state index is 13.1. The number of halogens is 1. The molecule has 26 heavy (non-hydrogen) atoms. The molecule has 0 bridgehead atoms. The van der Waals surface area contributed by atoms with Gasteiger partial charge >= 0.3 is 0 Å². The van der Waals surface area contributed by atoms with Gasteiger partial charge in [0.1, 0.15) is 0 Å². The summed E-state index contributed by atoms with van der Waals surface area (Å²) in [6.45, 7) is 0. The van der Waals surface area contributed by atoms with E-state index in [0.717, 1.165) is 9.77 Å². The summed E-state index contributed by atoms with van der Waals surface area (Å²) in [6, 6.07) is 20.0. The fourth-order valence-corrected chi connectivity index (χ4v) is 4.62. The quantitative estimate of drug-likeness (QED) is 0.547. The second-order valence-electron chi connectivity index (χ2n) is 5.52. The van der Waals surface area contributed by atoms with Crippen molar-refractivity contribution in [2.24, 2.45) is 0 Å². The Morgan fingerprint density at radius 2 is 1.58 bits per heavy atom. The minimum atomic E-state index is -0.301. The van der Waals surface area contributed by atoms with E-state index in [2.05, 4.69) is 0 Å². The number of amides is 2. The number of para-hydroxylation sites is 1. The lowest BCUT2D eigenvalue weighted by molar-refractivity contribution is -0.119. The van der Waals surface area contributed by atoms with Gasteiger partial charge in [0.25, 0.3) is 11.8 Å². The van der Waals surface area contributed by atoms with Crippen LogP contribution in [0, 0.1) is 0 Å². The third kappa shape index (κ3) is 3.09. The predicted molar refractivity (Wildman–Crippen MR) is 107 cm³/mol. The van der Waals surface area contributed by atoms with Crippen molar-refractivity contribution in [2.45, 2.75) is 4.90 Å². The van der Waals surface area contributed by atoms with E-state index in [9.17, 15) is 9.59 Å². The summed E-state index contributed by atoms with van der Waals surface area (Å²) in [5, 5.41) is 2.53. The van der Waals surface area contributed by atoms with Crippen molar-refractivity contribution < 1.29 is 9.59 Å². The van der Waals surface area contributed by atoms with E-state index >= 15 is 0 Å². The maximum atomic E-state index is 13.1. The van der Waals surface area contributed by atoms with Gasteiger partial charge in [0.15, 0.2) is 0 Å². The zero-order valence-corrected chi connectivity index (χ0v) is 15.8. The minimum Gasteiger partial charge on any atom is -0.268 e. The number of thioether (sulfide) groups is 1. The van der Waals surface area contributed by atoms with Crippen LogP contribution in [0.4, 0.5) is 5.69 Å². The molecule has 0 saturated carbocycles. The molecule has 128 valence electrons. The standard InChI is InChI=1S/C20H12ClNO2S2/c21-13-8-10-15(11-9-13)26-18-17(16-7-4-12-25-16)19(23)22(20(18)24)14-5-2-1-3-6-14/h1-12H. The van der Waals surface area contributed by atoms with Crippen LogP contribution in [-0.2, 0) is 9.59 Å². The van der Waals surface area contributed by atoms with Crippen LogP contribution in [0.15, 0.2) is 81.9 Å². The normalized spacial score (nSPS) is 14.4. The Kier molecular flexibility index (Phi) is 4.68. The number of imide groups is 1. The molecule has 0 radical (unpaired) electrons. The van der Waals surface area contributed by atoms with Crippen LogP contribution in [-0.4, -0.2) is 11.8 Å². The van der Waals surface area contributed by atoms with Crippen molar-refractivity contribution in [1.29, 1.82) is 0 Å². The van der Waals surface area contributed by atoms with Gasteiger partial charge in [-0.15, -0.1) is 11.3 Å². The summed E-state index contributed by atoms with van der Waals surface area (Å²) in [4.78, 5) is 29.5. The van der Waals surface area contributed by atoms with Crippen molar-refractivity contribution in [3.8, 4) is 0 Å². The lowest BCUT2D eigenvalue weighted by Crippen LogP contribution is -2.31. The maximum Gasteiger partial charge on any atom is 0.272 e. The average molecular weight is 398 g/mol. The number of nitrogens with zero attached hydrogens (tertiary/aromatic N) is 1. The van der Waals surface area contributed by atoms with Crippen LogP contribution in [0.1, 0.15) is 4.88 Å². The number of thiophene rings is 1. The highest BCUT2D eigenvalue weighted by molar-refractivity contribution is 8.04. The van der Waals surface area contributed by atoms with Crippen LogP contribution >= 0.6 is 34.7 Å². The second kappa shape index (κ2) is 7.11. The van der Waals surface area contributed by atoms with Gasteiger partial charge in [-0.05, 0) is 47.8 Å². The van der Waals surface area contributed by atoms with Crippen molar-refractivity contribution >= 4 is 57.8 Å². The van der Waals surface area contributed by atoms with Crippen molar-refractivity contribution in [2.75, 3.05) is 4.90 Å². The predicted octanol–water partition coefficient (Wildman–Crippen LogP) is 5.48. The molecule has 2 aromatic carbocycles. The van der Waals surface area contributed by atoms with Gasteiger partial charge in [0, 0.05) is 14.8 Å². The highest BCUT2D eigenvalue weighted by Gasteiger charge is 2.40. The molecule has 3 nitrogen and oxygen atoms in total. The second-order valence-corrected chi connectivity index (χ2v) is 7.99. The highest BCUT2D eigenvalue weighted by Crippen LogP contribution is 2.42. The molecule has 2 amide bonds. The molecule has 1 aromatic heterocycles. The zero-order chi connectivity index (χ0) is 18.1. The third-order valence-electron chi connectivity index (χ3n) is 3.86. The van der Waals surface area contributed by atoms with Crippen LogP contribution in [0.25, 0.3) is 5.57 Å². The Labute approximate surface area is 163 Å². The molecule has 6 heteroatoms. The van der Waals surface area contributed by atoms with Gasteiger partial charge in [-0.3, -0.25) is 9.59 Å². The first-order valence-corrected chi connectivity index (χ1v) is 9.88. The first kappa shape index (κ1) is 17.1. The number of carbonyl (C=O) groups excluding carboxylic acids is 2. The topological polar surface area (TPSA) is 37.4 Å². The van der Waals surface area contributed by atoms with Gasteiger partial charge < -0.3 is 0 Å². The van der Waals surface area contributed by atoms with E-state index in [1.54, 1.807) is 24.3 Å². The van der Waals surface area contributed by atoms with Gasteiger partial charge in [0.05, 0.1) is 16.2 Å². The van der Waals surface area contributed by atoms with Crippen LogP contribution in [0.3, 0.4) is 0 Å². The van der Waals surface area contributed by atoms with Gasteiger partial charge in [-0.2, -0.15) is 0 Å². The molecular weight excluding hydrogens is 386 g/mol.